The van der Waals surface area contributed by atoms with E-state index in [2.05, 4.69) is 10.5 Å². The molecule has 0 saturated carbocycles. The van der Waals surface area contributed by atoms with E-state index in [1.807, 2.05) is 6.92 Å². The van der Waals surface area contributed by atoms with Gasteiger partial charge in [-0.25, -0.2) is 4.39 Å². The van der Waals surface area contributed by atoms with Gasteiger partial charge in [0.2, 0.25) is 0 Å². The fraction of sp³-hybridized carbons (Fsp3) is 0.462. The molecule has 5 nitrogen and oxygen atoms in total. The molecule has 0 saturated heterocycles. The lowest BCUT2D eigenvalue weighted by atomic mass is 10.1. The number of halogens is 1. The third kappa shape index (κ3) is 5.23. The molecular weight excluding hydrogens is 249 g/mol. The summed E-state index contributed by atoms with van der Waals surface area (Å²) in [6, 6.07) is 4.60. The third-order valence-electron chi connectivity index (χ3n) is 2.77. The normalized spacial score (nSPS) is 13.5. The van der Waals surface area contributed by atoms with Crippen molar-refractivity contribution in [1.29, 1.82) is 0 Å². The van der Waals surface area contributed by atoms with Crippen molar-refractivity contribution in [2.75, 3.05) is 13.7 Å². The number of benzene rings is 1. The Balaban J connectivity index is 2.66. The van der Waals surface area contributed by atoms with Crippen molar-refractivity contribution in [3.8, 4) is 0 Å². The number of amidine groups is 1. The Morgan fingerprint density at radius 2 is 2.26 bits per heavy atom. The zero-order valence-corrected chi connectivity index (χ0v) is 11.2. The summed E-state index contributed by atoms with van der Waals surface area (Å²) in [5.74, 6) is -0.515. The molecule has 106 valence electrons. The smallest absolute Gasteiger partial charge is 0.170 e. The van der Waals surface area contributed by atoms with Crippen LogP contribution in [0.3, 0.4) is 0 Å². The predicted octanol–water partition coefficient (Wildman–Crippen LogP) is 1.43. The van der Waals surface area contributed by atoms with Crippen LogP contribution < -0.4 is 11.1 Å². The number of nitrogens with zero attached hydrogens (tertiary/aromatic N) is 1. The zero-order valence-electron chi connectivity index (χ0n) is 11.2. The van der Waals surface area contributed by atoms with Crippen molar-refractivity contribution in [1.82, 2.24) is 5.32 Å². The molecule has 0 aliphatic carbocycles. The van der Waals surface area contributed by atoms with Crippen LogP contribution >= 0.6 is 0 Å². The van der Waals surface area contributed by atoms with Crippen LogP contribution in [0.15, 0.2) is 23.4 Å². The van der Waals surface area contributed by atoms with E-state index in [0.29, 0.717) is 18.7 Å². The molecule has 4 N–H and O–H groups in total. The Labute approximate surface area is 112 Å². The molecule has 0 aliphatic heterocycles. The number of nitrogens with one attached hydrogen (secondary N) is 1. The highest BCUT2D eigenvalue weighted by molar-refractivity contribution is 5.97. The third-order valence-corrected chi connectivity index (χ3v) is 2.77. The Morgan fingerprint density at radius 3 is 2.89 bits per heavy atom. The summed E-state index contributed by atoms with van der Waals surface area (Å²) in [5, 5.41) is 14.7. The van der Waals surface area contributed by atoms with Gasteiger partial charge in [-0.15, -0.1) is 0 Å². The van der Waals surface area contributed by atoms with Gasteiger partial charge in [0.25, 0.3) is 0 Å². The Hall–Kier alpha value is -1.66. The van der Waals surface area contributed by atoms with Crippen molar-refractivity contribution >= 4 is 5.84 Å². The molecule has 0 aromatic heterocycles. The van der Waals surface area contributed by atoms with Crippen LogP contribution in [0.4, 0.5) is 4.39 Å². The Bertz CT molecular complexity index is 438. The Kier molecular flexibility index (Phi) is 6.24. The van der Waals surface area contributed by atoms with E-state index in [0.717, 1.165) is 12.0 Å². The van der Waals surface area contributed by atoms with Gasteiger partial charge in [-0.05, 0) is 37.1 Å². The molecule has 1 aromatic rings. The first kappa shape index (κ1) is 15.4. The second kappa shape index (κ2) is 7.70. The average molecular weight is 269 g/mol. The van der Waals surface area contributed by atoms with Gasteiger partial charge in [0, 0.05) is 31.9 Å². The monoisotopic (exact) mass is 269 g/mol. The molecular formula is C13H20FN3O2. The van der Waals surface area contributed by atoms with Crippen molar-refractivity contribution in [2.24, 2.45) is 10.9 Å². The van der Waals surface area contributed by atoms with Crippen molar-refractivity contribution < 1.29 is 14.3 Å². The van der Waals surface area contributed by atoms with E-state index in [9.17, 15) is 4.39 Å². The van der Waals surface area contributed by atoms with Gasteiger partial charge in [0.15, 0.2) is 5.84 Å². The first-order valence-corrected chi connectivity index (χ1v) is 6.06. The van der Waals surface area contributed by atoms with Crippen LogP contribution in [0.25, 0.3) is 0 Å². The minimum atomic E-state index is -0.412. The maximum atomic E-state index is 13.4. The molecule has 0 heterocycles. The number of rotatable bonds is 7. The summed E-state index contributed by atoms with van der Waals surface area (Å²) < 4.78 is 18.4. The fourth-order valence-electron chi connectivity index (χ4n) is 1.65. The number of methoxy groups -OCH3 is 1. The lowest BCUT2D eigenvalue weighted by Crippen LogP contribution is -2.27. The van der Waals surface area contributed by atoms with E-state index in [-0.39, 0.29) is 11.9 Å². The van der Waals surface area contributed by atoms with Gasteiger partial charge in [-0.1, -0.05) is 5.16 Å². The minimum absolute atomic E-state index is 0.104. The number of nitrogens with two attached hydrogens (primary N) is 1. The second-order valence-electron chi connectivity index (χ2n) is 4.40. The second-order valence-corrected chi connectivity index (χ2v) is 4.40. The summed E-state index contributed by atoms with van der Waals surface area (Å²) in [4.78, 5) is 0. The molecule has 0 radical (unpaired) electrons. The zero-order chi connectivity index (χ0) is 14.3. The van der Waals surface area contributed by atoms with Crippen LogP contribution in [-0.4, -0.2) is 30.8 Å². The quantitative estimate of drug-likeness (QED) is 0.303. The van der Waals surface area contributed by atoms with Crippen LogP contribution in [0.5, 0.6) is 0 Å². The first-order valence-electron chi connectivity index (χ1n) is 6.06. The SMILES string of the molecule is COCCC(C)NCc1cc(F)cc(/C(N)=N/O)c1. The lowest BCUT2D eigenvalue weighted by molar-refractivity contribution is 0.184. The lowest BCUT2D eigenvalue weighted by Gasteiger charge is -2.13. The van der Waals surface area contributed by atoms with Gasteiger partial charge >= 0.3 is 0 Å². The van der Waals surface area contributed by atoms with Gasteiger partial charge < -0.3 is 21.0 Å². The molecule has 1 rings (SSSR count). The molecule has 1 atom stereocenters. The summed E-state index contributed by atoms with van der Waals surface area (Å²) in [6.45, 7) is 3.21. The number of ether oxygens (including phenoxy) is 1. The highest BCUT2D eigenvalue weighted by Crippen LogP contribution is 2.09. The highest BCUT2D eigenvalue weighted by atomic mass is 19.1. The number of hydrogen-bond donors (Lipinski definition) is 3. The summed E-state index contributed by atoms with van der Waals surface area (Å²) in [5.41, 5.74) is 6.56. The molecule has 0 bridgehead atoms. The molecule has 0 aliphatic rings. The highest BCUT2D eigenvalue weighted by Gasteiger charge is 2.06. The van der Waals surface area contributed by atoms with Crippen LogP contribution in [0.1, 0.15) is 24.5 Å². The van der Waals surface area contributed by atoms with Gasteiger partial charge in [-0.3, -0.25) is 0 Å². The molecule has 19 heavy (non-hydrogen) atoms. The predicted molar refractivity (Wildman–Crippen MR) is 71.7 cm³/mol. The molecule has 6 heteroatoms. The van der Waals surface area contributed by atoms with Crippen LogP contribution in [-0.2, 0) is 11.3 Å². The van der Waals surface area contributed by atoms with Crippen molar-refractivity contribution in [3.63, 3.8) is 0 Å². The van der Waals surface area contributed by atoms with E-state index in [1.54, 1.807) is 13.2 Å². The van der Waals surface area contributed by atoms with Gasteiger partial charge in [0.05, 0.1) is 0 Å². The van der Waals surface area contributed by atoms with Crippen LogP contribution in [0, 0.1) is 5.82 Å². The molecule has 1 unspecified atom stereocenters. The molecule has 1 aromatic carbocycles. The van der Waals surface area contributed by atoms with Gasteiger partial charge in [0.1, 0.15) is 5.82 Å². The first-order chi connectivity index (χ1) is 9.06. The average Bonchev–Trinajstić information content (AvgIpc) is 2.41. The Morgan fingerprint density at radius 1 is 1.53 bits per heavy atom. The maximum absolute atomic E-state index is 13.4. The maximum Gasteiger partial charge on any atom is 0.170 e. The van der Waals surface area contributed by atoms with Crippen molar-refractivity contribution in [3.05, 3.63) is 35.1 Å². The van der Waals surface area contributed by atoms with E-state index < -0.39 is 5.82 Å². The fourth-order valence-corrected chi connectivity index (χ4v) is 1.65. The number of oxime groups is 1. The number of hydrogen-bond acceptors (Lipinski definition) is 4. The topological polar surface area (TPSA) is 79.9 Å². The van der Waals surface area contributed by atoms with E-state index >= 15 is 0 Å². The minimum Gasteiger partial charge on any atom is -0.409 e. The summed E-state index contributed by atoms with van der Waals surface area (Å²) >= 11 is 0. The van der Waals surface area contributed by atoms with Gasteiger partial charge in [-0.2, -0.15) is 0 Å². The standard InChI is InChI=1S/C13H20FN3O2/c1-9(3-4-19-2)16-8-10-5-11(13(15)17-18)7-12(14)6-10/h5-7,9,16,18H,3-4,8H2,1-2H3,(H2,15,17). The van der Waals surface area contributed by atoms with Crippen molar-refractivity contribution in [2.45, 2.75) is 25.9 Å². The van der Waals surface area contributed by atoms with E-state index in [1.165, 1.54) is 12.1 Å². The summed E-state index contributed by atoms with van der Waals surface area (Å²) in [7, 11) is 1.66. The molecule has 0 fully saturated rings. The summed E-state index contributed by atoms with van der Waals surface area (Å²) in [6.07, 6.45) is 0.874. The van der Waals surface area contributed by atoms with E-state index in [4.69, 9.17) is 15.7 Å². The van der Waals surface area contributed by atoms with Crippen LogP contribution in [0.2, 0.25) is 0 Å². The molecule has 0 amide bonds. The molecule has 0 spiro atoms. The largest absolute Gasteiger partial charge is 0.409 e.